The van der Waals surface area contributed by atoms with Crippen molar-refractivity contribution in [3.63, 3.8) is 0 Å². The number of hydrogen-bond acceptors (Lipinski definition) is 6. The first-order valence-electron chi connectivity index (χ1n) is 10.9. The molecule has 0 amide bonds. The maximum Gasteiger partial charge on any atom is 0.252 e. The molecular weight excluding hydrogens is 397 g/mol. The molecule has 8 heteroatoms. The summed E-state index contributed by atoms with van der Waals surface area (Å²) in [6, 6.07) is 6.88. The molecule has 1 aromatic carbocycles. The summed E-state index contributed by atoms with van der Waals surface area (Å²) >= 11 is 0. The largest absolute Gasteiger partial charge is 0.378 e. The Balaban J connectivity index is 1.47. The van der Waals surface area contributed by atoms with Gasteiger partial charge < -0.3 is 15.0 Å². The van der Waals surface area contributed by atoms with Crippen LogP contribution in [0.3, 0.4) is 0 Å². The number of anilines is 3. The third-order valence-corrected chi connectivity index (χ3v) is 6.24. The van der Waals surface area contributed by atoms with Crippen LogP contribution in [-0.4, -0.2) is 40.8 Å². The molecule has 2 aromatic heterocycles. The first-order valence-corrected chi connectivity index (χ1v) is 10.9. The molecule has 0 unspecified atom stereocenters. The Morgan fingerprint density at radius 2 is 1.94 bits per heavy atom. The van der Waals surface area contributed by atoms with Crippen LogP contribution in [0.1, 0.15) is 37.3 Å². The van der Waals surface area contributed by atoms with Crippen LogP contribution in [-0.2, 0) is 4.74 Å². The Morgan fingerprint density at radius 3 is 2.68 bits per heavy atom. The van der Waals surface area contributed by atoms with E-state index in [4.69, 9.17) is 4.74 Å². The highest BCUT2D eigenvalue weighted by Crippen LogP contribution is 2.31. The van der Waals surface area contributed by atoms with Crippen molar-refractivity contribution in [3.8, 4) is 0 Å². The molecular formula is C23H26FN5O2. The van der Waals surface area contributed by atoms with E-state index >= 15 is 0 Å². The van der Waals surface area contributed by atoms with Crippen molar-refractivity contribution >= 4 is 28.4 Å². The molecule has 1 saturated carbocycles. The van der Waals surface area contributed by atoms with E-state index in [0.717, 1.165) is 36.6 Å². The van der Waals surface area contributed by atoms with Crippen molar-refractivity contribution in [2.45, 2.75) is 38.6 Å². The minimum Gasteiger partial charge on any atom is -0.378 e. The minimum atomic E-state index is -0.300. The topological polar surface area (TPSA) is 72.3 Å². The van der Waals surface area contributed by atoms with Crippen LogP contribution in [0.2, 0.25) is 0 Å². The summed E-state index contributed by atoms with van der Waals surface area (Å²) in [7, 11) is 0. The summed E-state index contributed by atoms with van der Waals surface area (Å²) in [6.45, 7) is 4.46. The fourth-order valence-corrected chi connectivity index (χ4v) is 4.62. The second kappa shape index (κ2) is 8.26. The number of halogens is 1. The molecule has 1 saturated heterocycles. The molecule has 0 bridgehead atoms. The summed E-state index contributed by atoms with van der Waals surface area (Å²) in [6.07, 6.45) is 5.95. The highest BCUT2D eigenvalue weighted by Gasteiger charge is 2.22. The number of benzene rings is 1. The lowest BCUT2D eigenvalue weighted by Gasteiger charge is -2.29. The van der Waals surface area contributed by atoms with Crippen LogP contribution in [0, 0.1) is 12.7 Å². The lowest BCUT2D eigenvalue weighted by atomic mass is 10.1. The van der Waals surface area contributed by atoms with E-state index in [2.05, 4.69) is 15.3 Å². The SMILES string of the molecule is Cc1cc(=O)n(C2CCCC2)c2nc(Nc3ccc(N4CCOCC4)c(F)c3)ncc12. The van der Waals surface area contributed by atoms with Gasteiger partial charge in [0.25, 0.3) is 5.56 Å². The highest BCUT2D eigenvalue weighted by atomic mass is 19.1. The summed E-state index contributed by atoms with van der Waals surface area (Å²) in [4.78, 5) is 23.8. The van der Waals surface area contributed by atoms with Gasteiger partial charge in [-0.05, 0) is 43.5 Å². The Hall–Kier alpha value is -3.00. The monoisotopic (exact) mass is 423 g/mol. The third-order valence-electron chi connectivity index (χ3n) is 6.24. The molecule has 1 aliphatic heterocycles. The molecule has 162 valence electrons. The molecule has 0 atom stereocenters. The average Bonchev–Trinajstić information content (AvgIpc) is 3.29. The van der Waals surface area contributed by atoms with Gasteiger partial charge >= 0.3 is 0 Å². The van der Waals surface area contributed by atoms with Gasteiger partial charge in [-0.15, -0.1) is 0 Å². The van der Waals surface area contributed by atoms with Gasteiger partial charge in [-0.3, -0.25) is 9.36 Å². The van der Waals surface area contributed by atoms with Crippen LogP contribution in [0.25, 0.3) is 11.0 Å². The zero-order valence-electron chi connectivity index (χ0n) is 17.6. The molecule has 0 spiro atoms. The molecule has 2 fully saturated rings. The molecule has 0 radical (unpaired) electrons. The van der Waals surface area contributed by atoms with Crippen molar-refractivity contribution < 1.29 is 9.13 Å². The van der Waals surface area contributed by atoms with Gasteiger partial charge in [0.1, 0.15) is 11.5 Å². The minimum absolute atomic E-state index is 0.0255. The van der Waals surface area contributed by atoms with Gasteiger partial charge in [0, 0.05) is 42.5 Å². The molecule has 1 N–H and O–H groups in total. The van der Waals surface area contributed by atoms with E-state index in [0.29, 0.717) is 49.3 Å². The Morgan fingerprint density at radius 1 is 1.16 bits per heavy atom. The quantitative estimate of drug-likeness (QED) is 0.686. The second-order valence-electron chi connectivity index (χ2n) is 8.30. The molecule has 5 rings (SSSR count). The van der Waals surface area contributed by atoms with E-state index in [9.17, 15) is 9.18 Å². The lowest BCUT2D eigenvalue weighted by molar-refractivity contribution is 0.122. The normalized spacial score (nSPS) is 17.4. The van der Waals surface area contributed by atoms with E-state index in [-0.39, 0.29) is 17.4 Å². The number of nitrogens with one attached hydrogen (secondary N) is 1. The van der Waals surface area contributed by atoms with Crippen molar-refractivity contribution in [1.82, 2.24) is 14.5 Å². The Bertz CT molecular complexity index is 1170. The maximum atomic E-state index is 14.8. The molecule has 7 nitrogen and oxygen atoms in total. The predicted octanol–water partition coefficient (Wildman–Crippen LogP) is 3.93. The fourth-order valence-electron chi connectivity index (χ4n) is 4.62. The second-order valence-corrected chi connectivity index (χ2v) is 8.30. The van der Waals surface area contributed by atoms with Gasteiger partial charge in [-0.25, -0.2) is 9.37 Å². The molecule has 31 heavy (non-hydrogen) atoms. The number of aromatic nitrogens is 3. The Labute approximate surface area is 179 Å². The van der Waals surface area contributed by atoms with Gasteiger partial charge in [-0.2, -0.15) is 4.98 Å². The van der Waals surface area contributed by atoms with Crippen molar-refractivity contribution in [3.05, 3.63) is 52.2 Å². The summed E-state index contributed by atoms with van der Waals surface area (Å²) in [5.74, 6) is 0.0502. The number of fused-ring (bicyclic) bond motifs is 1. The van der Waals surface area contributed by atoms with Crippen molar-refractivity contribution in [1.29, 1.82) is 0 Å². The van der Waals surface area contributed by atoms with E-state index < -0.39 is 0 Å². The standard InChI is InChI=1S/C23H26FN5O2/c1-15-12-21(30)29(17-4-2-3-5-17)22-18(15)14-25-23(27-22)26-16-6-7-20(19(24)13-16)28-8-10-31-11-9-28/h6-7,12-14,17H,2-5,8-11H2,1H3,(H,25,26,27). The van der Waals surface area contributed by atoms with E-state index in [1.165, 1.54) is 6.07 Å². The number of rotatable bonds is 4. The first kappa shape index (κ1) is 19.9. The van der Waals surface area contributed by atoms with Gasteiger partial charge in [0.05, 0.1) is 18.9 Å². The molecule has 3 heterocycles. The summed E-state index contributed by atoms with van der Waals surface area (Å²) in [5.41, 5.74) is 2.61. The van der Waals surface area contributed by atoms with Crippen LogP contribution in [0.15, 0.2) is 35.3 Å². The first-order chi connectivity index (χ1) is 15.1. The summed E-state index contributed by atoms with van der Waals surface area (Å²) < 4.78 is 21.9. The average molecular weight is 423 g/mol. The summed E-state index contributed by atoms with van der Waals surface area (Å²) in [5, 5.41) is 3.97. The number of aryl methyl sites for hydroxylation is 1. The van der Waals surface area contributed by atoms with Crippen LogP contribution >= 0.6 is 0 Å². The number of morpholine rings is 1. The van der Waals surface area contributed by atoms with Gasteiger partial charge in [0.15, 0.2) is 0 Å². The maximum absolute atomic E-state index is 14.8. The van der Waals surface area contributed by atoms with Crippen molar-refractivity contribution in [2.75, 3.05) is 36.5 Å². The Kier molecular flexibility index (Phi) is 5.31. The van der Waals surface area contributed by atoms with E-state index in [1.54, 1.807) is 18.3 Å². The molecule has 1 aliphatic carbocycles. The third kappa shape index (κ3) is 3.87. The van der Waals surface area contributed by atoms with Crippen LogP contribution in [0.4, 0.5) is 21.7 Å². The van der Waals surface area contributed by atoms with E-state index in [1.807, 2.05) is 22.5 Å². The van der Waals surface area contributed by atoms with Crippen LogP contribution in [0.5, 0.6) is 0 Å². The zero-order valence-corrected chi connectivity index (χ0v) is 17.6. The number of nitrogens with zero attached hydrogens (tertiary/aromatic N) is 4. The van der Waals surface area contributed by atoms with Gasteiger partial charge in [-0.1, -0.05) is 12.8 Å². The number of ether oxygens (including phenoxy) is 1. The molecule has 2 aliphatic rings. The molecule has 3 aromatic rings. The van der Waals surface area contributed by atoms with Crippen molar-refractivity contribution in [2.24, 2.45) is 0 Å². The predicted molar refractivity (Wildman–Crippen MR) is 119 cm³/mol. The smallest absolute Gasteiger partial charge is 0.252 e. The number of pyridine rings is 1. The fraction of sp³-hybridized carbons (Fsp3) is 0.435. The number of hydrogen-bond donors (Lipinski definition) is 1. The zero-order chi connectivity index (χ0) is 21.4. The van der Waals surface area contributed by atoms with Gasteiger partial charge in [0.2, 0.25) is 5.95 Å². The highest BCUT2D eigenvalue weighted by molar-refractivity contribution is 5.79. The van der Waals surface area contributed by atoms with Crippen LogP contribution < -0.4 is 15.8 Å². The lowest BCUT2D eigenvalue weighted by Crippen LogP contribution is -2.36.